The summed E-state index contributed by atoms with van der Waals surface area (Å²) in [6.45, 7) is 9.16. The number of benzene rings is 1. The summed E-state index contributed by atoms with van der Waals surface area (Å²) < 4.78 is 16.2. The van der Waals surface area contributed by atoms with Crippen LogP contribution < -0.4 is 20.1 Å². The van der Waals surface area contributed by atoms with Crippen molar-refractivity contribution >= 4 is 12.0 Å². The maximum atomic E-state index is 12.5. The highest BCUT2D eigenvalue weighted by molar-refractivity contribution is 5.95. The number of ether oxygens (including phenoxy) is 3. The summed E-state index contributed by atoms with van der Waals surface area (Å²) in [7, 11) is 1.52. The van der Waals surface area contributed by atoms with Gasteiger partial charge in [0, 0.05) is 5.70 Å². The van der Waals surface area contributed by atoms with Crippen LogP contribution in [0.3, 0.4) is 0 Å². The van der Waals surface area contributed by atoms with Gasteiger partial charge < -0.3 is 24.8 Å². The molecule has 1 unspecified atom stereocenters. The summed E-state index contributed by atoms with van der Waals surface area (Å²) in [6.07, 6.45) is 1.36. The summed E-state index contributed by atoms with van der Waals surface area (Å²) in [6, 6.07) is 4.18. The minimum absolute atomic E-state index is 0.273. The van der Waals surface area contributed by atoms with Gasteiger partial charge in [0.15, 0.2) is 11.5 Å². The first-order chi connectivity index (χ1) is 12.4. The van der Waals surface area contributed by atoms with E-state index in [0.29, 0.717) is 34.9 Å². The Morgan fingerprint density at radius 3 is 2.69 bits per heavy atom. The SMILES string of the molecule is C=CCOc1ccc(C2NC(=O)NC(C)=C2C(=O)OC(C)C)cc1OC. The third kappa shape index (κ3) is 4.36. The monoisotopic (exact) mass is 360 g/mol. The van der Waals surface area contributed by atoms with Crippen LogP contribution in [0.15, 0.2) is 42.1 Å². The standard InChI is InChI=1S/C19H24N2O5/c1-6-9-25-14-8-7-13(10-15(14)24-5)17-16(18(22)26-11(2)3)12(4)20-19(23)21-17/h6-8,10-11,17H,1,9H2,2-5H3,(H2,20,21,23). The fourth-order valence-corrected chi connectivity index (χ4v) is 2.62. The van der Waals surface area contributed by atoms with Crippen LogP contribution in [0.5, 0.6) is 11.5 Å². The molecule has 2 rings (SSSR count). The van der Waals surface area contributed by atoms with Crippen LogP contribution in [-0.4, -0.2) is 31.8 Å². The minimum atomic E-state index is -0.655. The molecule has 0 saturated heterocycles. The third-order valence-electron chi connectivity index (χ3n) is 3.71. The van der Waals surface area contributed by atoms with E-state index in [1.165, 1.54) is 7.11 Å². The number of nitrogens with one attached hydrogen (secondary N) is 2. The highest BCUT2D eigenvalue weighted by Crippen LogP contribution is 2.34. The molecule has 1 aliphatic rings. The van der Waals surface area contributed by atoms with Gasteiger partial charge in [-0.25, -0.2) is 9.59 Å². The summed E-state index contributed by atoms with van der Waals surface area (Å²) in [4.78, 5) is 24.5. The number of esters is 1. The zero-order valence-corrected chi connectivity index (χ0v) is 15.4. The highest BCUT2D eigenvalue weighted by Gasteiger charge is 2.33. The zero-order valence-electron chi connectivity index (χ0n) is 15.4. The summed E-state index contributed by atoms with van der Waals surface area (Å²) >= 11 is 0. The molecule has 0 aromatic heterocycles. The van der Waals surface area contributed by atoms with Crippen molar-refractivity contribution in [3.63, 3.8) is 0 Å². The van der Waals surface area contributed by atoms with Crippen LogP contribution in [0.2, 0.25) is 0 Å². The van der Waals surface area contributed by atoms with E-state index in [9.17, 15) is 9.59 Å². The molecular formula is C19H24N2O5. The molecule has 1 aromatic carbocycles. The molecule has 0 saturated carbocycles. The Bertz CT molecular complexity index is 739. The van der Waals surface area contributed by atoms with Gasteiger partial charge in [0.25, 0.3) is 0 Å². The molecule has 0 radical (unpaired) electrons. The fraction of sp³-hybridized carbons (Fsp3) is 0.368. The van der Waals surface area contributed by atoms with E-state index in [-0.39, 0.29) is 12.1 Å². The summed E-state index contributed by atoms with van der Waals surface area (Å²) in [5.74, 6) is 0.552. The number of rotatable bonds is 7. The van der Waals surface area contributed by atoms with Gasteiger partial charge in [0.1, 0.15) is 6.61 Å². The van der Waals surface area contributed by atoms with E-state index in [0.717, 1.165) is 0 Å². The van der Waals surface area contributed by atoms with Crippen LogP contribution >= 0.6 is 0 Å². The van der Waals surface area contributed by atoms with E-state index in [4.69, 9.17) is 14.2 Å². The van der Waals surface area contributed by atoms with Gasteiger partial charge in [-0.15, -0.1) is 0 Å². The van der Waals surface area contributed by atoms with Crippen molar-refractivity contribution in [1.29, 1.82) is 0 Å². The first kappa shape index (κ1) is 19.4. The molecule has 26 heavy (non-hydrogen) atoms. The number of carbonyl (C=O) groups is 2. The first-order valence-corrected chi connectivity index (χ1v) is 8.28. The van der Waals surface area contributed by atoms with Gasteiger partial charge in [0.05, 0.1) is 24.8 Å². The molecule has 1 aromatic rings. The molecule has 2 amide bonds. The number of urea groups is 1. The molecule has 1 aliphatic heterocycles. The Labute approximate surface area is 153 Å². The number of hydrogen-bond acceptors (Lipinski definition) is 5. The molecule has 0 spiro atoms. The van der Waals surface area contributed by atoms with E-state index >= 15 is 0 Å². The quantitative estimate of drug-likeness (QED) is 0.577. The van der Waals surface area contributed by atoms with Crippen molar-refractivity contribution in [2.45, 2.75) is 32.9 Å². The lowest BCUT2D eigenvalue weighted by atomic mass is 9.95. The Hall–Kier alpha value is -2.96. The number of carbonyl (C=O) groups excluding carboxylic acids is 2. The lowest BCUT2D eigenvalue weighted by Crippen LogP contribution is -2.45. The predicted octanol–water partition coefficient (Wildman–Crippen LogP) is 2.84. The van der Waals surface area contributed by atoms with E-state index in [1.54, 1.807) is 45.0 Å². The van der Waals surface area contributed by atoms with Crippen molar-refractivity contribution in [1.82, 2.24) is 10.6 Å². The maximum Gasteiger partial charge on any atom is 0.338 e. The van der Waals surface area contributed by atoms with E-state index in [2.05, 4.69) is 17.2 Å². The molecule has 0 aliphatic carbocycles. The molecule has 1 heterocycles. The molecule has 7 heteroatoms. The van der Waals surface area contributed by atoms with Gasteiger partial charge in [0.2, 0.25) is 0 Å². The van der Waals surface area contributed by atoms with Gasteiger partial charge in [-0.2, -0.15) is 0 Å². The van der Waals surface area contributed by atoms with Crippen molar-refractivity contribution < 1.29 is 23.8 Å². The largest absolute Gasteiger partial charge is 0.493 e. The van der Waals surface area contributed by atoms with Crippen LogP contribution in [0.25, 0.3) is 0 Å². The summed E-state index contributed by atoms with van der Waals surface area (Å²) in [5.41, 5.74) is 1.48. The zero-order chi connectivity index (χ0) is 19.3. The molecule has 7 nitrogen and oxygen atoms in total. The second kappa shape index (κ2) is 8.42. The molecule has 0 bridgehead atoms. The average Bonchev–Trinajstić information content (AvgIpc) is 2.58. The minimum Gasteiger partial charge on any atom is -0.493 e. The van der Waals surface area contributed by atoms with Crippen LogP contribution in [0.1, 0.15) is 32.4 Å². The number of hydrogen-bond donors (Lipinski definition) is 2. The van der Waals surface area contributed by atoms with Crippen molar-refractivity contribution in [3.05, 3.63) is 47.7 Å². The molecule has 0 fully saturated rings. The second-order valence-electron chi connectivity index (χ2n) is 6.03. The summed E-state index contributed by atoms with van der Waals surface area (Å²) in [5, 5.41) is 5.37. The smallest absolute Gasteiger partial charge is 0.338 e. The molecule has 140 valence electrons. The van der Waals surface area contributed by atoms with Gasteiger partial charge in [-0.1, -0.05) is 18.7 Å². The Morgan fingerprint density at radius 2 is 2.08 bits per heavy atom. The van der Waals surface area contributed by atoms with Crippen LogP contribution in [-0.2, 0) is 9.53 Å². The average molecular weight is 360 g/mol. The number of methoxy groups -OCH3 is 1. The lowest BCUT2D eigenvalue weighted by molar-refractivity contribution is -0.143. The fourth-order valence-electron chi connectivity index (χ4n) is 2.62. The predicted molar refractivity (Wildman–Crippen MR) is 97.0 cm³/mol. The van der Waals surface area contributed by atoms with Crippen molar-refractivity contribution in [2.24, 2.45) is 0 Å². The first-order valence-electron chi connectivity index (χ1n) is 8.28. The van der Waals surface area contributed by atoms with Crippen molar-refractivity contribution in [2.75, 3.05) is 13.7 Å². The Balaban J connectivity index is 2.42. The van der Waals surface area contributed by atoms with Crippen LogP contribution in [0, 0.1) is 0 Å². The second-order valence-corrected chi connectivity index (χ2v) is 6.03. The normalized spacial score (nSPS) is 16.7. The van der Waals surface area contributed by atoms with Gasteiger partial charge in [-0.3, -0.25) is 0 Å². The van der Waals surface area contributed by atoms with E-state index < -0.39 is 12.0 Å². The highest BCUT2D eigenvalue weighted by atomic mass is 16.5. The lowest BCUT2D eigenvalue weighted by Gasteiger charge is -2.29. The Morgan fingerprint density at radius 1 is 1.35 bits per heavy atom. The van der Waals surface area contributed by atoms with E-state index in [1.807, 2.05) is 0 Å². The third-order valence-corrected chi connectivity index (χ3v) is 3.71. The van der Waals surface area contributed by atoms with Gasteiger partial charge in [-0.05, 0) is 38.5 Å². The van der Waals surface area contributed by atoms with Crippen LogP contribution in [0.4, 0.5) is 4.79 Å². The molecule has 1 atom stereocenters. The Kier molecular flexibility index (Phi) is 6.27. The molecular weight excluding hydrogens is 336 g/mol. The number of allylic oxidation sites excluding steroid dienone is 1. The molecule has 2 N–H and O–H groups in total. The van der Waals surface area contributed by atoms with Crippen molar-refractivity contribution in [3.8, 4) is 11.5 Å². The maximum absolute atomic E-state index is 12.5. The topological polar surface area (TPSA) is 85.9 Å². The van der Waals surface area contributed by atoms with Gasteiger partial charge >= 0.3 is 12.0 Å². The number of amides is 2.